The van der Waals surface area contributed by atoms with Gasteiger partial charge in [0.1, 0.15) is 5.82 Å². The Bertz CT molecular complexity index is 702. The number of nitrogens with one attached hydrogen (secondary N) is 1. The summed E-state index contributed by atoms with van der Waals surface area (Å²) in [7, 11) is 0. The van der Waals surface area contributed by atoms with E-state index in [1.807, 2.05) is 0 Å². The minimum atomic E-state index is -0.658. The van der Waals surface area contributed by atoms with Crippen molar-refractivity contribution >= 4 is 29.0 Å². The molecule has 0 aliphatic carbocycles. The number of amides is 1. The fraction of sp³-hybridized carbons (Fsp3) is 0. The first kappa shape index (κ1) is 14.8. The van der Waals surface area contributed by atoms with E-state index >= 15 is 0 Å². The Morgan fingerprint density at radius 3 is 2.52 bits per heavy atom. The van der Waals surface area contributed by atoms with Crippen LogP contribution in [-0.2, 0) is 0 Å². The van der Waals surface area contributed by atoms with E-state index in [2.05, 4.69) is 10.5 Å². The molecule has 108 valence electrons. The Balaban J connectivity index is 2.23. The van der Waals surface area contributed by atoms with Crippen LogP contribution in [0.3, 0.4) is 0 Å². The topological polar surface area (TPSA) is 87.7 Å². The maximum atomic E-state index is 13.5. The van der Waals surface area contributed by atoms with Gasteiger partial charge in [-0.15, -0.1) is 0 Å². The molecular weight excluding hydrogens is 297 g/mol. The largest absolute Gasteiger partial charge is 0.409 e. The number of rotatable bonds is 3. The van der Waals surface area contributed by atoms with E-state index in [4.69, 9.17) is 22.5 Å². The van der Waals surface area contributed by atoms with Crippen LogP contribution >= 0.6 is 11.6 Å². The summed E-state index contributed by atoms with van der Waals surface area (Å²) in [5.41, 5.74) is 5.96. The van der Waals surface area contributed by atoms with E-state index in [1.54, 1.807) is 24.3 Å². The third-order valence-corrected chi connectivity index (χ3v) is 2.97. The summed E-state index contributed by atoms with van der Waals surface area (Å²) in [4.78, 5) is 12.0. The van der Waals surface area contributed by atoms with E-state index in [0.29, 0.717) is 16.3 Å². The Morgan fingerprint density at radius 1 is 1.24 bits per heavy atom. The van der Waals surface area contributed by atoms with Gasteiger partial charge in [-0.25, -0.2) is 4.39 Å². The molecule has 0 aliphatic rings. The number of hydrogen-bond acceptors (Lipinski definition) is 3. The summed E-state index contributed by atoms with van der Waals surface area (Å²) in [5.74, 6) is -1.42. The van der Waals surface area contributed by atoms with Crippen LogP contribution in [0.2, 0.25) is 5.02 Å². The highest BCUT2D eigenvalue weighted by Gasteiger charge is 2.11. The van der Waals surface area contributed by atoms with Crippen LogP contribution in [0.25, 0.3) is 0 Å². The molecule has 0 aliphatic heterocycles. The standard InChI is InChI=1S/C14H11ClFN3O2/c15-9-3-1-8(2-4-9)14(20)18-10-5-6-12(16)11(7-10)13(17)19-21/h1-7,21H,(H2,17,19)(H,18,20). The molecule has 0 saturated heterocycles. The van der Waals surface area contributed by atoms with Crippen molar-refractivity contribution in [3.63, 3.8) is 0 Å². The maximum absolute atomic E-state index is 13.5. The lowest BCUT2D eigenvalue weighted by Gasteiger charge is -2.08. The minimum absolute atomic E-state index is 0.105. The molecule has 0 bridgehead atoms. The van der Waals surface area contributed by atoms with Crippen molar-refractivity contribution in [3.8, 4) is 0 Å². The van der Waals surface area contributed by atoms with Crippen molar-refractivity contribution in [2.24, 2.45) is 10.9 Å². The van der Waals surface area contributed by atoms with Gasteiger partial charge >= 0.3 is 0 Å². The number of benzene rings is 2. The van der Waals surface area contributed by atoms with E-state index in [0.717, 1.165) is 6.07 Å². The van der Waals surface area contributed by atoms with Gasteiger partial charge in [-0.1, -0.05) is 16.8 Å². The van der Waals surface area contributed by atoms with Gasteiger partial charge in [-0.3, -0.25) is 4.79 Å². The van der Waals surface area contributed by atoms with Crippen molar-refractivity contribution in [2.45, 2.75) is 0 Å². The zero-order valence-electron chi connectivity index (χ0n) is 10.7. The smallest absolute Gasteiger partial charge is 0.255 e. The van der Waals surface area contributed by atoms with Gasteiger partial charge in [0.05, 0.1) is 5.56 Å². The van der Waals surface area contributed by atoms with E-state index in [9.17, 15) is 9.18 Å². The molecule has 0 saturated carbocycles. The molecule has 0 aromatic heterocycles. The quantitative estimate of drug-likeness (QED) is 0.352. The number of carbonyl (C=O) groups excluding carboxylic acids is 1. The second kappa shape index (κ2) is 6.23. The lowest BCUT2D eigenvalue weighted by Crippen LogP contribution is -2.17. The zero-order chi connectivity index (χ0) is 15.4. The van der Waals surface area contributed by atoms with Crippen LogP contribution < -0.4 is 11.1 Å². The number of amidine groups is 1. The average molecular weight is 308 g/mol. The van der Waals surface area contributed by atoms with Crippen molar-refractivity contribution in [1.82, 2.24) is 0 Å². The summed E-state index contributed by atoms with van der Waals surface area (Å²) in [5, 5.41) is 14.4. The Hall–Kier alpha value is -2.60. The molecule has 1 amide bonds. The van der Waals surface area contributed by atoms with Gasteiger partial charge in [0, 0.05) is 16.3 Å². The lowest BCUT2D eigenvalue weighted by atomic mass is 10.1. The second-order valence-electron chi connectivity index (χ2n) is 4.14. The molecule has 0 unspecified atom stereocenters. The molecule has 0 heterocycles. The van der Waals surface area contributed by atoms with Crippen molar-refractivity contribution in [1.29, 1.82) is 0 Å². The molecule has 5 nitrogen and oxygen atoms in total. The molecule has 2 aromatic carbocycles. The summed E-state index contributed by atoms with van der Waals surface area (Å²) in [6.45, 7) is 0. The molecule has 4 N–H and O–H groups in total. The fourth-order valence-electron chi connectivity index (χ4n) is 1.66. The van der Waals surface area contributed by atoms with Crippen LogP contribution in [0, 0.1) is 5.82 Å². The molecule has 2 aromatic rings. The van der Waals surface area contributed by atoms with Crippen LogP contribution in [0.5, 0.6) is 0 Å². The van der Waals surface area contributed by atoms with Gasteiger partial charge in [-0.05, 0) is 42.5 Å². The highest BCUT2D eigenvalue weighted by molar-refractivity contribution is 6.30. The van der Waals surface area contributed by atoms with E-state index < -0.39 is 5.82 Å². The normalized spacial score (nSPS) is 11.2. The third kappa shape index (κ3) is 3.49. The number of nitrogens with zero attached hydrogens (tertiary/aromatic N) is 1. The molecule has 0 fully saturated rings. The van der Waals surface area contributed by atoms with Gasteiger partial charge in [0.25, 0.3) is 5.91 Å². The molecular formula is C14H11ClFN3O2. The SMILES string of the molecule is NC(=NO)c1cc(NC(=O)c2ccc(Cl)cc2)ccc1F. The van der Waals surface area contributed by atoms with Crippen molar-refractivity contribution in [2.75, 3.05) is 5.32 Å². The number of anilines is 1. The maximum Gasteiger partial charge on any atom is 0.255 e. The number of oxime groups is 1. The molecule has 21 heavy (non-hydrogen) atoms. The summed E-state index contributed by atoms with van der Waals surface area (Å²) >= 11 is 5.74. The number of nitrogens with two attached hydrogens (primary N) is 1. The summed E-state index contributed by atoms with van der Waals surface area (Å²) < 4.78 is 13.5. The van der Waals surface area contributed by atoms with E-state index in [1.165, 1.54) is 12.1 Å². The fourth-order valence-corrected chi connectivity index (χ4v) is 1.78. The first-order valence-corrected chi connectivity index (χ1v) is 6.23. The Kier molecular flexibility index (Phi) is 4.39. The van der Waals surface area contributed by atoms with Crippen LogP contribution in [0.1, 0.15) is 15.9 Å². The molecule has 0 spiro atoms. The van der Waals surface area contributed by atoms with Gasteiger partial charge in [0.15, 0.2) is 5.84 Å². The predicted octanol–water partition coefficient (Wildman–Crippen LogP) is 2.83. The third-order valence-electron chi connectivity index (χ3n) is 2.71. The van der Waals surface area contributed by atoms with Gasteiger partial charge in [0.2, 0.25) is 0 Å². The zero-order valence-corrected chi connectivity index (χ0v) is 11.4. The van der Waals surface area contributed by atoms with Crippen LogP contribution in [0.15, 0.2) is 47.6 Å². The molecule has 0 atom stereocenters. The highest BCUT2D eigenvalue weighted by Crippen LogP contribution is 2.16. The summed E-state index contributed by atoms with van der Waals surface area (Å²) in [6, 6.07) is 10.1. The molecule has 0 radical (unpaired) electrons. The second-order valence-corrected chi connectivity index (χ2v) is 4.58. The average Bonchev–Trinajstić information content (AvgIpc) is 2.49. The number of hydrogen-bond donors (Lipinski definition) is 3. The monoisotopic (exact) mass is 307 g/mol. The predicted molar refractivity (Wildman–Crippen MR) is 78.3 cm³/mol. The van der Waals surface area contributed by atoms with Gasteiger partial charge < -0.3 is 16.3 Å². The lowest BCUT2D eigenvalue weighted by molar-refractivity contribution is 0.102. The molecule has 7 heteroatoms. The first-order valence-electron chi connectivity index (χ1n) is 5.85. The first-order chi connectivity index (χ1) is 10.0. The van der Waals surface area contributed by atoms with Crippen molar-refractivity contribution in [3.05, 3.63) is 64.4 Å². The minimum Gasteiger partial charge on any atom is -0.409 e. The Morgan fingerprint density at radius 2 is 1.90 bits per heavy atom. The summed E-state index contributed by atoms with van der Waals surface area (Å²) in [6.07, 6.45) is 0. The van der Waals surface area contributed by atoms with Crippen molar-refractivity contribution < 1.29 is 14.4 Å². The number of carbonyl (C=O) groups is 1. The van der Waals surface area contributed by atoms with E-state index in [-0.39, 0.29) is 17.3 Å². The Labute approximate surface area is 124 Å². The van der Waals surface area contributed by atoms with Crippen LogP contribution in [0.4, 0.5) is 10.1 Å². The van der Waals surface area contributed by atoms with Crippen LogP contribution in [-0.4, -0.2) is 17.0 Å². The number of halogens is 2. The highest BCUT2D eigenvalue weighted by atomic mass is 35.5. The molecule has 2 rings (SSSR count). The van der Waals surface area contributed by atoms with Gasteiger partial charge in [-0.2, -0.15) is 0 Å².